The molecule has 0 spiro atoms. The Labute approximate surface area is 121 Å². The average molecular weight is 327 g/mol. The van der Waals surface area contributed by atoms with Crippen molar-refractivity contribution >= 4 is 27.6 Å². The zero-order valence-electron chi connectivity index (χ0n) is 11.2. The lowest BCUT2D eigenvalue weighted by atomic mass is 9.87. The van der Waals surface area contributed by atoms with Crippen molar-refractivity contribution in [2.75, 3.05) is 25.0 Å². The van der Waals surface area contributed by atoms with Gasteiger partial charge in [0.05, 0.1) is 0 Å². The van der Waals surface area contributed by atoms with Gasteiger partial charge in [-0.05, 0) is 50.6 Å². The topological polar surface area (TPSA) is 52.6 Å². The van der Waals surface area contributed by atoms with Crippen molar-refractivity contribution < 1.29 is 9.90 Å². The Morgan fingerprint density at radius 3 is 2.53 bits per heavy atom. The molecule has 1 aromatic carbocycles. The van der Waals surface area contributed by atoms with Gasteiger partial charge in [-0.3, -0.25) is 4.79 Å². The summed E-state index contributed by atoms with van der Waals surface area (Å²) in [5.74, 6) is -0.748. The maximum absolute atomic E-state index is 11.4. The van der Waals surface area contributed by atoms with E-state index in [4.69, 9.17) is 0 Å². The zero-order valence-corrected chi connectivity index (χ0v) is 12.8. The normalized spacial score (nSPS) is 18.4. The number of aliphatic carboxylic acids is 1. The van der Waals surface area contributed by atoms with Crippen LogP contribution in [0.2, 0.25) is 0 Å². The highest BCUT2D eigenvalue weighted by atomic mass is 79.9. The first-order valence-corrected chi connectivity index (χ1v) is 7.21. The first-order chi connectivity index (χ1) is 8.98. The summed E-state index contributed by atoms with van der Waals surface area (Å²) in [4.78, 5) is 13.6. The molecular weight excluding hydrogens is 308 g/mol. The van der Waals surface area contributed by atoms with E-state index in [9.17, 15) is 9.90 Å². The first-order valence-electron chi connectivity index (χ1n) is 6.42. The molecule has 2 rings (SSSR count). The molecule has 0 aliphatic carbocycles. The number of anilines is 1. The van der Waals surface area contributed by atoms with Crippen molar-refractivity contribution in [3.63, 3.8) is 0 Å². The summed E-state index contributed by atoms with van der Waals surface area (Å²) in [6.45, 7) is 3.60. The standard InChI is InChI=1S/C14H19BrN2O2/c1-10-9-11(15)3-4-12(10)17-7-5-14(16-2,6-8-17)13(18)19/h3-4,9,16H,5-8H2,1-2H3,(H,18,19). The van der Waals surface area contributed by atoms with Crippen LogP contribution < -0.4 is 10.2 Å². The Morgan fingerprint density at radius 2 is 2.05 bits per heavy atom. The fourth-order valence-corrected chi connectivity index (χ4v) is 3.15. The number of carbonyl (C=O) groups is 1. The summed E-state index contributed by atoms with van der Waals surface area (Å²) in [6, 6.07) is 6.21. The van der Waals surface area contributed by atoms with Gasteiger partial charge in [0.25, 0.3) is 0 Å². The van der Waals surface area contributed by atoms with Gasteiger partial charge in [-0.25, -0.2) is 0 Å². The van der Waals surface area contributed by atoms with Gasteiger partial charge in [0.1, 0.15) is 5.54 Å². The monoisotopic (exact) mass is 326 g/mol. The number of benzene rings is 1. The molecule has 0 unspecified atom stereocenters. The van der Waals surface area contributed by atoms with Gasteiger partial charge in [-0.15, -0.1) is 0 Å². The zero-order chi connectivity index (χ0) is 14.0. The molecule has 5 heteroatoms. The molecule has 0 bridgehead atoms. The largest absolute Gasteiger partial charge is 0.480 e. The lowest BCUT2D eigenvalue weighted by Crippen LogP contribution is -2.57. The number of likely N-dealkylation sites (N-methyl/N-ethyl adjacent to an activating group) is 1. The number of carboxylic acids is 1. The number of aryl methyl sites for hydroxylation is 1. The van der Waals surface area contributed by atoms with Gasteiger partial charge < -0.3 is 15.3 Å². The van der Waals surface area contributed by atoms with E-state index in [1.165, 1.54) is 11.3 Å². The maximum atomic E-state index is 11.4. The number of hydrogen-bond donors (Lipinski definition) is 2. The highest BCUT2D eigenvalue weighted by Gasteiger charge is 2.40. The summed E-state index contributed by atoms with van der Waals surface area (Å²) >= 11 is 3.46. The maximum Gasteiger partial charge on any atom is 0.324 e. The fourth-order valence-electron chi connectivity index (χ4n) is 2.67. The minimum absolute atomic E-state index is 0.619. The molecule has 1 heterocycles. The van der Waals surface area contributed by atoms with Crippen LogP contribution in [-0.2, 0) is 4.79 Å². The van der Waals surface area contributed by atoms with Crippen molar-refractivity contribution in [1.29, 1.82) is 0 Å². The minimum Gasteiger partial charge on any atom is -0.480 e. The van der Waals surface area contributed by atoms with Crippen molar-refractivity contribution in [2.24, 2.45) is 0 Å². The van der Waals surface area contributed by atoms with Crippen molar-refractivity contribution in [3.05, 3.63) is 28.2 Å². The van der Waals surface area contributed by atoms with Crippen molar-refractivity contribution in [3.8, 4) is 0 Å². The highest BCUT2D eigenvalue weighted by molar-refractivity contribution is 9.10. The quantitative estimate of drug-likeness (QED) is 0.895. The van der Waals surface area contributed by atoms with Crippen molar-refractivity contribution in [1.82, 2.24) is 5.32 Å². The molecule has 1 saturated heterocycles. The third-order valence-corrected chi connectivity index (χ3v) is 4.50. The van der Waals surface area contributed by atoms with Gasteiger partial charge >= 0.3 is 5.97 Å². The Morgan fingerprint density at radius 1 is 1.42 bits per heavy atom. The molecule has 1 aliphatic rings. The smallest absolute Gasteiger partial charge is 0.324 e. The molecular formula is C14H19BrN2O2. The van der Waals surface area contributed by atoms with Crippen LogP contribution in [0.5, 0.6) is 0 Å². The Balaban J connectivity index is 2.13. The number of carboxylic acid groups (broad SMARTS) is 1. The summed E-state index contributed by atoms with van der Waals surface area (Å²) in [5, 5.41) is 12.3. The summed E-state index contributed by atoms with van der Waals surface area (Å²) in [5.41, 5.74) is 1.64. The van der Waals surface area contributed by atoms with Gasteiger partial charge in [-0.1, -0.05) is 15.9 Å². The second kappa shape index (κ2) is 5.51. The second-order valence-electron chi connectivity index (χ2n) is 5.06. The third kappa shape index (κ3) is 2.77. The van der Waals surface area contributed by atoms with E-state index < -0.39 is 11.5 Å². The highest BCUT2D eigenvalue weighted by Crippen LogP contribution is 2.29. The van der Waals surface area contributed by atoms with Gasteiger partial charge in [-0.2, -0.15) is 0 Å². The molecule has 0 atom stereocenters. The third-order valence-electron chi connectivity index (χ3n) is 4.00. The summed E-state index contributed by atoms with van der Waals surface area (Å²) < 4.78 is 1.07. The molecule has 104 valence electrons. The van der Waals surface area contributed by atoms with E-state index in [2.05, 4.69) is 45.2 Å². The average Bonchev–Trinajstić information content (AvgIpc) is 2.39. The Bertz CT molecular complexity index is 482. The van der Waals surface area contributed by atoms with E-state index in [1.54, 1.807) is 7.05 Å². The number of nitrogens with one attached hydrogen (secondary N) is 1. The van der Waals surface area contributed by atoms with E-state index in [0.717, 1.165) is 17.6 Å². The van der Waals surface area contributed by atoms with E-state index in [0.29, 0.717) is 12.8 Å². The number of rotatable bonds is 3. The van der Waals surface area contributed by atoms with Crippen LogP contribution in [-0.4, -0.2) is 36.8 Å². The molecule has 4 nitrogen and oxygen atoms in total. The fraction of sp³-hybridized carbons (Fsp3) is 0.500. The molecule has 1 aliphatic heterocycles. The van der Waals surface area contributed by atoms with Crippen LogP contribution in [0.3, 0.4) is 0 Å². The van der Waals surface area contributed by atoms with Crippen LogP contribution in [0.1, 0.15) is 18.4 Å². The SMILES string of the molecule is CNC1(C(=O)O)CCN(c2ccc(Br)cc2C)CC1. The molecule has 0 amide bonds. The predicted octanol–water partition coefficient (Wildman–Crippen LogP) is 2.40. The number of nitrogens with zero attached hydrogens (tertiary/aromatic N) is 1. The molecule has 0 aromatic heterocycles. The second-order valence-corrected chi connectivity index (χ2v) is 5.97. The number of hydrogen-bond acceptors (Lipinski definition) is 3. The molecule has 0 saturated carbocycles. The van der Waals surface area contributed by atoms with Gasteiger partial charge in [0, 0.05) is 23.2 Å². The van der Waals surface area contributed by atoms with E-state index in [1.807, 2.05) is 6.07 Å². The van der Waals surface area contributed by atoms with Crippen LogP contribution in [0.4, 0.5) is 5.69 Å². The molecule has 19 heavy (non-hydrogen) atoms. The summed E-state index contributed by atoms with van der Waals surface area (Å²) in [6.07, 6.45) is 1.24. The van der Waals surface area contributed by atoms with Crippen LogP contribution in [0, 0.1) is 6.92 Å². The molecule has 0 radical (unpaired) electrons. The minimum atomic E-state index is -0.764. The lowest BCUT2D eigenvalue weighted by molar-refractivity contribution is -0.145. The molecule has 1 aromatic rings. The molecule has 2 N–H and O–H groups in total. The molecule has 1 fully saturated rings. The summed E-state index contributed by atoms with van der Waals surface area (Å²) in [7, 11) is 1.73. The lowest BCUT2D eigenvalue weighted by Gasteiger charge is -2.40. The van der Waals surface area contributed by atoms with Gasteiger partial charge in [0.15, 0.2) is 0 Å². The Hall–Kier alpha value is -1.07. The van der Waals surface area contributed by atoms with Gasteiger partial charge in [0.2, 0.25) is 0 Å². The van der Waals surface area contributed by atoms with Crippen LogP contribution in [0.15, 0.2) is 22.7 Å². The Kier molecular flexibility index (Phi) is 4.16. The van der Waals surface area contributed by atoms with Crippen LogP contribution >= 0.6 is 15.9 Å². The van der Waals surface area contributed by atoms with E-state index >= 15 is 0 Å². The first kappa shape index (κ1) is 14.3. The predicted molar refractivity (Wildman–Crippen MR) is 79.8 cm³/mol. The van der Waals surface area contributed by atoms with E-state index in [-0.39, 0.29) is 0 Å². The number of piperidine rings is 1. The van der Waals surface area contributed by atoms with Crippen LogP contribution in [0.25, 0.3) is 0 Å². The van der Waals surface area contributed by atoms with Crippen molar-refractivity contribution in [2.45, 2.75) is 25.3 Å². The number of halogens is 1.